The summed E-state index contributed by atoms with van der Waals surface area (Å²) in [5.41, 5.74) is 3.36. The third kappa shape index (κ3) is 1.71. The molecule has 0 amide bonds. The van der Waals surface area contributed by atoms with E-state index in [1.165, 1.54) is 0 Å². The zero-order valence-electron chi connectivity index (χ0n) is 6.81. The van der Waals surface area contributed by atoms with Crippen LogP contribution in [-0.4, -0.2) is 16.8 Å². The second kappa shape index (κ2) is 3.21. The van der Waals surface area contributed by atoms with Crippen LogP contribution < -0.4 is 10.7 Å². The summed E-state index contributed by atoms with van der Waals surface area (Å²) in [6, 6.07) is 0.111. The standard InChI is InChI=1S/C6H9N4O2/c1-4(2)8-6-5(10(11)12)3-7-9-6/h3-4H,1-2H3,(H,8,9). The molecule has 0 saturated heterocycles. The fraction of sp³-hybridized carbons (Fsp3) is 0.500. The Morgan fingerprint density at radius 1 is 1.67 bits per heavy atom. The van der Waals surface area contributed by atoms with Gasteiger partial charge in [-0.3, -0.25) is 10.1 Å². The summed E-state index contributed by atoms with van der Waals surface area (Å²) in [4.78, 5) is 9.84. The Labute approximate surface area is 69.5 Å². The molecule has 1 N–H and O–H groups in total. The van der Waals surface area contributed by atoms with E-state index in [4.69, 9.17) is 0 Å². The average Bonchev–Trinajstić information content (AvgIpc) is 2.33. The molecule has 0 spiro atoms. The molecular weight excluding hydrogens is 160 g/mol. The summed E-state index contributed by atoms with van der Waals surface area (Å²) in [7, 11) is 0. The Hall–Kier alpha value is -1.59. The molecule has 1 radical (unpaired) electrons. The van der Waals surface area contributed by atoms with Crippen molar-refractivity contribution in [1.82, 2.24) is 10.7 Å². The maximum Gasteiger partial charge on any atom is 0.333 e. The molecule has 1 rings (SSSR count). The van der Waals surface area contributed by atoms with Crippen molar-refractivity contribution in [2.24, 2.45) is 5.10 Å². The first kappa shape index (κ1) is 8.51. The van der Waals surface area contributed by atoms with E-state index >= 15 is 0 Å². The smallest absolute Gasteiger partial charge is 0.333 e. The maximum absolute atomic E-state index is 10.3. The largest absolute Gasteiger partial charge is 0.361 e. The second-order valence-electron chi connectivity index (χ2n) is 2.63. The number of nitro groups is 1. The van der Waals surface area contributed by atoms with E-state index in [0.29, 0.717) is 0 Å². The zero-order chi connectivity index (χ0) is 9.14. The number of nitrogens with zero attached hydrogens (tertiary/aromatic N) is 3. The van der Waals surface area contributed by atoms with Crippen molar-refractivity contribution in [2.75, 3.05) is 0 Å². The van der Waals surface area contributed by atoms with Gasteiger partial charge in [0, 0.05) is 6.04 Å². The van der Waals surface area contributed by atoms with Gasteiger partial charge in [-0.05, 0) is 13.8 Å². The topological polar surface area (TPSA) is 81.6 Å². The Morgan fingerprint density at radius 2 is 2.33 bits per heavy atom. The minimum Gasteiger partial charge on any atom is -0.361 e. The van der Waals surface area contributed by atoms with Gasteiger partial charge in [0.25, 0.3) is 0 Å². The van der Waals surface area contributed by atoms with Crippen molar-refractivity contribution in [3.8, 4) is 0 Å². The monoisotopic (exact) mass is 169 g/mol. The summed E-state index contributed by atoms with van der Waals surface area (Å²) in [6.07, 6.45) is 1.13. The van der Waals surface area contributed by atoms with E-state index < -0.39 is 4.92 Å². The number of hydrogen-bond acceptors (Lipinski definition) is 4. The molecule has 0 aromatic heterocycles. The molecule has 1 aliphatic rings. The molecule has 0 atom stereocenters. The Kier molecular flexibility index (Phi) is 2.27. The predicted molar refractivity (Wildman–Crippen MR) is 42.9 cm³/mol. The van der Waals surface area contributed by atoms with Gasteiger partial charge in [0.1, 0.15) is 6.20 Å². The highest BCUT2D eigenvalue weighted by molar-refractivity contribution is 5.97. The van der Waals surface area contributed by atoms with Gasteiger partial charge in [-0.15, -0.1) is 10.5 Å². The van der Waals surface area contributed by atoms with Crippen LogP contribution in [0.15, 0.2) is 17.0 Å². The van der Waals surface area contributed by atoms with Gasteiger partial charge < -0.3 is 5.32 Å². The Morgan fingerprint density at radius 3 is 2.83 bits per heavy atom. The van der Waals surface area contributed by atoms with Gasteiger partial charge in [-0.1, -0.05) is 0 Å². The third-order valence-electron chi connectivity index (χ3n) is 1.20. The van der Waals surface area contributed by atoms with E-state index in [9.17, 15) is 10.1 Å². The highest BCUT2D eigenvalue weighted by Crippen LogP contribution is 2.03. The van der Waals surface area contributed by atoms with Crippen LogP contribution in [0.25, 0.3) is 0 Å². The zero-order valence-corrected chi connectivity index (χ0v) is 6.81. The summed E-state index contributed by atoms with van der Waals surface area (Å²) in [5, 5.41) is 16.7. The van der Waals surface area contributed by atoms with Crippen molar-refractivity contribution in [1.29, 1.82) is 0 Å². The first-order valence-corrected chi connectivity index (χ1v) is 3.50. The first-order valence-electron chi connectivity index (χ1n) is 3.50. The minimum absolute atomic E-state index is 0.0799. The van der Waals surface area contributed by atoms with Crippen LogP contribution in [0.1, 0.15) is 13.8 Å². The van der Waals surface area contributed by atoms with Crippen LogP contribution in [0.2, 0.25) is 0 Å². The van der Waals surface area contributed by atoms with Gasteiger partial charge in [0.15, 0.2) is 0 Å². The maximum atomic E-state index is 10.3. The molecule has 0 aromatic carbocycles. The molecule has 6 nitrogen and oxygen atoms in total. The van der Waals surface area contributed by atoms with Crippen LogP contribution in [0.4, 0.5) is 0 Å². The lowest BCUT2D eigenvalue weighted by Gasteiger charge is -2.06. The third-order valence-corrected chi connectivity index (χ3v) is 1.20. The molecular formula is C6H9N4O2. The molecule has 0 aliphatic carbocycles. The number of rotatable bonds is 2. The molecule has 65 valence electrons. The summed E-state index contributed by atoms with van der Waals surface area (Å²) < 4.78 is 0. The predicted octanol–water partition coefficient (Wildman–Crippen LogP) is 0.0340. The number of nitrogens with one attached hydrogen (secondary N) is 1. The lowest BCUT2D eigenvalue weighted by Crippen LogP contribution is -2.32. The summed E-state index contributed by atoms with van der Waals surface area (Å²) >= 11 is 0. The summed E-state index contributed by atoms with van der Waals surface area (Å²) in [5.74, 6) is 0.231. The van der Waals surface area contributed by atoms with Crippen LogP contribution in [0.5, 0.6) is 0 Å². The normalized spacial score (nSPS) is 15.2. The van der Waals surface area contributed by atoms with Crippen molar-refractivity contribution >= 4 is 5.84 Å². The molecule has 1 heterocycles. The van der Waals surface area contributed by atoms with Gasteiger partial charge in [0.05, 0.1) is 4.92 Å². The number of hydrogen-bond donors (Lipinski definition) is 1. The van der Waals surface area contributed by atoms with E-state index in [2.05, 4.69) is 15.8 Å². The quantitative estimate of drug-likeness (QED) is 0.467. The molecule has 6 heteroatoms. The van der Waals surface area contributed by atoms with Gasteiger partial charge in [-0.25, -0.2) is 0 Å². The first-order chi connectivity index (χ1) is 5.61. The lowest BCUT2D eigenvalue weighted by molar-refractivity contribution is -0.415. The minimum atomic E-state index is -0.509. The molecule has 0 bridgehead atoms. The van der Waals surface area contributed by atoms with Gasteiger partial charge >= 0.3 is 5.70 Å². The molecule has 0 aromatic rings. The van der Waals surface area contributed by atoms with E-state index in [-0.39, 0.29) is 17.6 Å². The van der Waals surface area contributed by atoms with E-state index in [1.54, 1.807) is 0 Å². The lowest BCUT2D eigenvalue weighted by atomic mass is 10.3. The fourth-order valence-corrected chi connectivity index (χ4v) is 0.764. The number of amidine groups is 1. The van der Waals surface area contributed by atoms with Crippen molar-refractivity contribution in [2.45, 2.75) is 19.9 Å². The Balaban J connectivity index is 2.67. The van der Waals surface area contributed by atoms with Crippen molar-refractivity contribution < 1.29 is 4.92 Å². The molecule has 0 unspecified atom stereocenters. The molecule has 1 aliphatic heterocycles. The fourth-order valence-electron chi connectivity index (χ4n) is 0.764. The van der Waals surface area contributed by atoms with E-state index in [1.807, 2.05) is 13.8 Å². The van der Waals surface area contributed by atoms with Crippen LogP contribution in [0.3, 0.4) is 0 Å². The van der Waals surface area contributed by atoms with Crippen LogP contribution >= 0.6 is 0 Å². The van der Waals surface area contributed by atoms with Crippen LogP contribution in [0, 0.1) is 10.1 Å². The van der Waals surface area contributed by atoms with Crippen molar-refractivity contribution in [3.63, 3.8) is 0 Å². The SMILES string of the molecule is CC(C)NC1=N[N]C=C1[N+](=O)[O-]. The molecule has 12 heavy (non-hydrogen) atoms. The van der Waals surface area contributed by atoms with Gasteiger partial charge in [-0.2, -0.15) is 0 Å². The highest BCUT2D eigenvalue weighted by Gasteiger charge is 2.24. The van der Waals surface area contributed by atoms with Crippen LogP contribution in [-0.2, 0) is 0 Å². The van der Waals surface area contributed by atoms with Gasteiger partial charge in [0.2, 0.25) is 5.84 Å². The summed E-state index contributed by atoms with van der Waals surface area (Å²) in [6.45, 7) is 3.75. The Bertz CT molecular complexity index is 256. The molecule has 0 saturated carbocycles. The average molecular weight is 169 g/mol. The second-order valence-corrected chi connectivity index (χ2v) is 2.63. The molecule has 0 fully saturated rings. The highest BCUT2D eigenvalue weighted by atomic mass is 16.6. The van der Waals surface area contributed by atoms with Crippen molar-refractivity contribution in [3.05, 3.63) is 22.0 Å². The van der Waals surface area contributed by atoms with E-state index in [0.717, 1.165) is 6.20 Å².